The van der Waals surface area contributed by atoms with Crippen LogP contribution in [0.1, 0.15) is 25.3 Å². The van der Waals surface area contributed by atoms with E-state index in [0.29, 0.717) is 0 Å². The van der Waals surface area contributed by atoms with Crippen molar-refractivity contribution in [1.82, 2.24) is 0 Å². The molecule has 0 saturated heterocycles. The summed E-state index contributed by atoms with van der Waals surface area (Å²) in [5.41, 5.74) is 3.81. The van der Waals surface area contributed by atoms with Crippen LogP contribution in [0.5, 0.6) is 0 Å². The molecule has 0 atom stereocenters. The lowest BCUT2D eigenvalue weighted by atomic mass is 10.0. The lowest BCUT2D eigenvalue weighted by Gasteiger charge is -2.01. The van der Waals surface area contributed by atoms with Crippen molar-refractivity contribution >= 4 is 0 Å². The summed E-state index contributed by atoms with van der Waals surface area (Å²) in [4.78, 5) is 0. The molecule has 0 fully saturated rings. The Labute approximate surface area is 90.7 Å². The zero-order valence-electron chi connectivity index (χ0n) is 9.07. The minimum absolute atomic E-state index is 1.11. The number of hydrogen-bond donors (Lipinski definition) is 0. The largest absolute Gasteiger partial charge is 0.472 e. The van der Waals surface area contributed by atoms with E-state index in [2.05, 4.69) is 31.2 Å². The highest BCUT2D eigenvalue weighted by Gasteiger charge is 2.06. The van der Waals surface area contributed by atoms with Crippen molar-refractivity contribution in [2.45, 2.75) is 26.2 Å². The van der Waals surface area contributed by atoms with Gasteiger partial charge in [0, 0.05) is 5.56 Å². The summed E-state index contributed by atoms with van der Waals surface area (Å²) in [6.45, 7) is 2.21. The van der Waals surface area contributed by atoms with Crippen molar-refractivity contribution in [2.75, 3.05) is 0 Å². The topological polar surface area (TPSA) is 13.1 Å². The third-order valence-electron chi connectivity index (χ3n) is 2.63. The van der Waals surface area contributed by atoms with Crippen LogP contribution in [-0.4, -0.2) is 0 Å². The van der Waals surface area contributed by atoms with Gasteiger partial charge in [-0.25, -0.2) is 0 Å². The maximum atomic E-state index is 5.30. The first kappa shape index (κ1) is 10.0. The van der Waals surface area contributed by atoms with Crippen LogP contribution >= 0.6 is 0 Å². The Balaban J connectivity index is 2.25. The van der Waals surface area contributed by atoms with Crippen LogP contribution in [0.4, 0.5) is 0 Å². The highest BCUT2D eigenvalue weighted by molar-refractivity contribution is 5.65. The summed E-state index contributed by atoms with van der Waals surface area (Å²) >= 11 is 0. The Morgan fingerprint density at radius 1 is 1.07 bits per heavy atom. The first-order valence-corrected chi connectivity index (χ1v) is 5.52. The normalized spacial score (nSPS) is 10.5. The van der Waals surface area contributed by atoms with Crippen LogP contribution in [0.15, 0.2) is 47.3 Å². The van der Waals surface area contributed by atoms with Crippen molar-refractivity contribution in [3.8, 4) is 11.1 Å². The monoisotopic (exact) mass is 200 g/mol. The van der Waals surface area contributed by atoms with Gasteiger partial charge < -0.3 is 4.42 Å². The van der Waals surface area contributed by atoms with Crippen LogP contribution in [0.3, 0.4) is 0 Å². The van der Waals surface area contributed by atoms with Crippen molar-refractivity contribution in [3.63, 3.8) is 0 Å². The Hall–Kier alpha value is -1.50. The second kappa shape index (κ2) is 4.83. The summed E-state index contributed by atoms with van der Waals surface area (Å²) in [6, 6.07) is 10.4. The predicted molar refractivity (Wildman–Crippen MR) is 62.8 cm³/mol. The molecule has 2 rings (SSSR count). The highest BCUT2D eigenvalue weighted by atomic mass is 16.3. The van der Waals surface area contributed by atoms with Gasteiger partial charge in [-0.2, -0.15) is 0 Å². The van der Waals surface area contributed by atoms with E-state index >= 15 is 0 Å². The molecule has 0 amide bonds. The fourth-order valence-corrected chi connectivity index (χ4v) is 1.76. The molecular weight excluding hydrogens is 184 g/mol. The van der Waals surface area contributed by atoms with Gasteiger partial charge in [0.15, 0.2) is 0 Å². The molecule has 1 aromatic carbocycles. The number of hydrogen-bond acceptors (Lipinski definition) is 1. The molecule has 1 aromatic heterocycles. The fourth-order valence-electron chi connectivity index (χ4n) is 1.76. The Kier molecular flexibility index (Phi) is 3.23. The molecule has 0 saturated carbocycles. The second-order valence-electron chi connectivity index (χ2n) is 3.78. The van der Waals surface area contributed by atoms with Crippen LogP contribution in [0, 0.1) is 0 Å². The Morgan fingerprint density at radius 2 is 1.87 bits per heavy atom. The van der Waals surface area contributed by atoms with E-state index in [9.17, 15) is 0 Å². The molecule has 1 heteroatoms. The van der Waals surface area contributed by atoms with E-state index in [1.807, 2.05) is 18.6 Å². The van der Waals surface area contributed by atoms with Gasteiger partial charge in [-0.1, -0.05) is 43.7 Å². The van der Waals surface area contributed by atoms with Gasteiger partial charge in [0.05, 0.1) is 12.5 Å². The number of benzene rings is 1. The molecule has 1 heterocycles. The molecule has 15 heavy (non-hydrogen) atoms. The van der Waals surface area contributed by atoms with Gasteiger partial charge in [0.2, 0.25) is 0 Å². The lowest BCUT2D eigenvalue weighted by molar-refractivity contribution is 0.563. The molecule has 0 spiro atoms. The summed E-state index contributed by atoms with van der Waals surface area (Å²) < 4.78 is 5.30. The smallest absolute Gasteiger partial charge is 0.0983 e. The number of rotatable bonds is 4. The van der Waals surface area contributed by atoms with E-state index in [1.165, 1.54) is 29.5 Å². The van der Waals surface area contributed by atoms with Crippen LogP contribution in [-0.2, 0) is 6.42 Å². The third kappa shape index (κ3) is 2.30. The van der Waals surface area contributed by atoms with E-state index in [1.54, 1.807) is 0 Å². The average Bonchev–Trinajstić information content (AvgIpc) is 2.75. The van der Waals surface area contributed by atoms with Crippen LogP contribution in [0.25, 0.3) is 11.1 Å². The van der Waals surface area contributed by atoms with Gasteiger partial charge in [-0.05, 0) is 24.0 Å². The maximum absolute atomic E-state index is 5.30. The quantitative estimate of drug-likeness (QED) is 0.717. The number of furan rings is 1. The van der Waals surface area contributed by atoms with Crippen molar-refractivity contribution in [2.24, 2.45) is 0 Å². The van der Waals surface area contributed by atoms with Gasteiger partial charge in [-0.15, -0.1) is 0 Å². The minimum Gasteiger partial charge on any atom is -0.472 e. The fraction of sp³-hybridized carbons (Fsp3) is 0.286. The molecule has 0 aliphatic heterocycles. The van der Waals surface area contributed by atoms with E-state index in [-0.39, 0.29) is 0 Å². The summed E-state index contributed by atoms with van der Waals surface area (Å²) in [7, 11) is 0. The number of unbranched alkanes of at least 4 members (excludes halogenated alkanes) is 1. The number of aryl methyl sites for hydroxylation is 1. The molecule has 0 bridgehead atoms. The summed E-state index contributed by atoms with van der Waals surface area (Å²) in [6.07, 6.45) is 7.27. The Bertz CT molecular complexity index is 400. The molecule has 1 nitrogen and oxygen atoms in total. The summed E-state index contributed by atoms with van der Waals surface area (Å²) in [5.74, 6) is 0. The standard InChI is InChI=1S/C14H16O/c1-2-3-7-13-10-15-11-14(13)12-8-5-4-6-9-12/h4-6,8-11H,2-3,7H2,1H3. The first-order valence-electron chi connectivity index (χ1n) is 5.52. The van der Waals surface area contributed by atoms with Gasteiger partial charge in [0.1, 0.15) is 0 Å². The molecule has 0 aliphatic carbocycles. The molecular formula is C14H16O. The predicted octanol–water partition coefficient (Wildman–Crippen LogP) is 4.29. The first-order chi connectivity index (χ1) is 7.42. The van der Waals surface area contributed by atoms with Crippen LogP contribution in [0.2, 0.25) is 0 Å². The highest BCUT2D eigenvalue weighted by Crippen LogP contribution is 2.25. The minimum atomic E-state index is 1.11. The summed E-state index contributed by atoms with van der Waals surface area (Å²) in [5, 5.41) is 0. The van der Waals surface area contributed by atoms with Gasteiger partial charge in [-0.3, -0.25) is 0 Å². The zero-order chi connectivity index (χ0) is 10.5. The third-order valence-corrected chi connectivity index (χ3v) is 2.63. The van der Waals surface area contributed by atoms with Crippen molar-refractivity contribution < 1.29 is 4.42 Å². The maximum Gasteiger partial charge on any atom is 0.0983 e. The molecule has 0 unspecified atom stereocenters. The Morgan fingerprint density at radius 3 is 2.60 bits per heavy atom. The molecule has 0 aliphatic rings. The van der Waals surface area contributed by atoms with Crippen molar-refractivity contribution in [1.29, 1.82) is 0 Å². The second-order valence-corrected chi connectivity index (χ2v) is 3.78. The zero-order valence-corrected chi connectivity index (χ0v) is 9.07. The SMILES string of the molecule is CCCCc1cocc1-c1ccccc1. The van der Waals surface area contributed by atoms with E-state index in [0.717, 1.165) is 6.42 Å². The average molecular weight is 200 g/mol. The van der Waals surface area contributed by atoms with Crippen molar-refractivity contribution in [3.05, 3.63) is 48.4 Å². The molecule has 78 valence electrons. The van der Waals surface area contributed by atoms with Gasteiger partial charge >= 0.3 is 0 Å². The van der Waals surface area contributed by atoms with Gasteiger partial charge in [0.25, 0.3) is 0 Å². The van der Waals surface area contributed by atoms with E-state index < -0.39 is 0 Å². The molecule has 2 aromatic rings. The molecule has 0 N–H and O–H groups in total. The molecule has 0 radical (unpaired) electrons. The lowest BCUT2D eigenvalue weighted by Crippen LogP contribution is -1.85. The van der Waals surface area contributed by atoms with Crippen LogP contribution < -0.4 is 0 Å². The van der Waals surface area contributed by atoms with E-state index in [4.69, 9.17) is 4.42 Å².